The highest BCUT2D eigenvalue weighted by molar-refractivity contribution is 9.09. The molecule has 3 heterocycles. The van der Waals surface area contributed by atoms with Gasteiger partial charge in [-0.05, 0) is 51.5 Å². The maximum absolute atomic E-state index is 14.6. The van der Waals surface area contributed by atoms with E-state index in [0.717, 1.165) is 18.4 Å². The number of halogens is 1. The number of carbonyl (C=O) groups excluding carboxylic acids is 4. The lowest BCUT2D eigenvalue weighted by Gasteiger charge is -2.39. The second kappa shape index (κ2) is 16.6. The number of ether oxygens (including phenoxy) is 2. The number of hydrogen-bond donors (Lipinski definition) is 1. The van der Waals surface area contributed by atoms with Crippen molar-refractivity contribution in [3.63, 3.8) is 0 Å². The number of aliphatic hydroxyl groups excluding tert-OH is 1. The van der Waals surface area contributed by atoms with Gasteiger partial charge in [-0.25, -0.2) is 0 Å². The van der Waals surface area contributed by atoms with E-state index in [4.69, 9.17) is 9.47 Å². The van der Waals surface area contributed by atoms with Crippen LogP contribution >= 0.6 is 15.9 Å². The summed E-state index contributed by atoms with van der Waals surface area (Å²) >= 11 is 3.75. The van der Waals surface area contributed by atoms with Gasteiger partial charge < -0.3 is 29.3 Å². The van der Waals surface area contributed by atoms with Crippen LogP contribution in [0.25, 0.3) is 0 Å². The molecule has 3 fully saturated rings. The van der Waals surface area contributed by atoms with Crippen molar-refractivity contribution < 1.29 is 33.8 Å². The SMILES string of the molecule is C=CCCC(=O)N(C)[C@H](C)[C@H](OC(=O)[C@H]1[C@@H]2O[C@@]3(CC2Br)[C@@H]1C(=O)N(CCCCO)[C@@H]3C(=O)N(CC=C)C(C)CCC)c1ccccc1. The quantitative estimate of drug-likeness (QED) is 0.0999. The molecule has 1 aromatic rings. The van der Waals surface area contributed by atoms with Gasteiger partial charge in [0.2, 0.25) is 17.7 Å². The van der Waals surface area contributed by atoms with Gasteiger partial charge in [0.15, 0.2) is 0 Å². The van der Waals surface area contributed by atoms with E-state index >= 15 is 0 Å². The summed E-state index contributed by atoms with van der Waals surface area (Å²) in [7, 11) is 1.69. The molecule has 10 nitrogen and oxygen atoms in total. The standard InChI is InChI=1S/C37H52BrN3O7/c1-7-10-19-28(43)39(6)25(5)31(26-17-12-11-13-18-26)47-36(46)29-30-34(44)41(21-14-15-22-42)33(37(30)23-27(38)32(29)48-37)35(45)40(20-9-3)24(4)16-8-2/h7,9,11-13,17-18,24-25,27,29-33,42H,1,3,8,10,14-16,19-23H2,2,4-6H3/t24?,25-,27?,29-,30+,31+,32-,33-,37+/m1/s1. The zero-order valence-electron chi connectivity index (χ0n) is 28.8. The fourth-order valence-corrected chi connectivity index (χ4v) is 8.74. The van der Waals surface area contributed by atoms with E-state index < -0.39 is 47.7 Å². The van der Waals surface area contributed by atoms with E-state index in [1.165, 1.54) is 0 Å². The Hall–Kier alpha value is -3.02. The molecule has 3 aliphatic heterocycles. The number of benzene rings is 1. The summed E-state index contributed by atoms with van der Waals surface area (Å²) < 4.78 is 13.0. The molecule has 0 aromatic heterocycles. The first kappa shape index (κ1) is 37.8. The lowest BCUT2D eigenvalue weighted by molar-refractivity contribution is -0.164. The minimum Gasteiger partial charge on any atom is -0.455 e. The third-order valence-corrected chi connectivity index (χ3v) is 11.2. The molecule has 0 radical (unpaired) electrons. The minimum atomic E-state index is -1.23. The van der Waals surface area contributed by atoms with Crippen molar-refractivity contribution in [2.24, 2.45) is 11.8 Å². The number of unbranched alkanes of at least 4 members (excludes halogenated alkanes) is 1. The van der Waals surface area contributed by atoms with Crippen molar-refractivity contribution in [2.45, 2.75) is 106 Å². The Labute approximate surface area is 293 Å². The Morgan fingerprint density at radius 2 is 1.90 bits per heavy atom. The van der Waals surface area contributed by atoms with Crippen LogP contribution in [0.15, 0.2) is 55.6 Å². The number of aliphatic hydroxyl groups is 1. The normalized spacial score (nSPS) is 27.6. The number of fused-ring (bicyclic) bond motifs is 1. The van der Waals surface area contributed by atoms with Crippen LogP contribution in [0.5, 0.6) is 0 Å². The number of rotatable bonds is 18. The number of allylic oxidation sites excluding steroid dienone is 1. The van der Waals surface area contributed by atoms with E-state index in [-0.39, 0.29) is 48.2 Å². The molecule has 9 atom stereocenters. The molecule has 2 bridgehead atoms. The predicted octanol–water partition coefficient (Wildman–Crippen LogP) is 4.81. The highest BCUT2D eigenvalue weighted by atomic mass is 79.9. The molecule has 1 spiro atoms. The number of likely N-dealkylation sites (N-methyl/N-ethyl adjacent to an activating group) is 1. The number of hydrogen-bond acceptors (Lipinski definition) is 7. The van der Waals surface area contributed by atoms with Crippen LogP contribution < -0.4 is 0 Å². The van der Waals surface area contributed by atoms with Crippen molar-refractivity contribution in [2.75, 3.05) is 26.7 Å². The summed E-state index contributed by atoms with van der Waals surface area (Å²) in [6, 6.07) is 7.73. The predicted molar refractivity (Wildman–Crippen MR) is 187 cm³/mol. The van der Waals surface area contributed by atoms with Gasteiger partial charge in [0, 0.05) is 44.0 Å². The molecule has 4 rings (SSSR count). The Kier molecular flexibility index (Phi) is 13.1. The Bertz CT molecular complexity index is 1330. The van der Waals surface area contributed by atoms with Crippen LogP contribution in [-0.2, 0) is 28.7 Å². The first-order valence-corrected chi connectivity index (χ1v) is 18.2. The van der Waals surface area contributed by atoms with E-state index in [1.807, 2.05) is 44.2 Å². The van der Waals surface area contributed by atoms with Crippen molar-refractivity contribution in [1.82, 2.24) is 14.7 Å². The number of likely N-dealkylation sites (tertiary alicyclic amines) is 1. The molecule has 2 unspecified atom stereocenters. The Morgan fingerprint density at radius 1 is 1.19 bits per heavy atom. The number of carbonyl (C=O) groups is 4. The first-order valence-electron chi connectivity index (χ1n) is 17.3. The largest absolute Gasteiger partial charge is 0.455 e. The number of amides is 3. The van der Waals surface area contributed by atoms with E-state index in [0.29, 0.717) is 32.2 Å². The average Bonchev–Trinajstić information content (AvgIpc) is 3.67. The van der Waals surface area contributed by atoms with E-state index in [9.17, 15) is 24.3 Å². The highest BCUT2D eigenvalue weighted by Gasteiger charge is 2.77. The van der Waals surface area contributed by atoms with Crippen molar-refractivity contribution in [1.29, 1.82) is 0 Å². The Balaban J connectivity index is 1.71. The Morgan fingerprint density at radius 3 is 2.52 bits per heavy atom. The molecule has 0 aliphatic carbocycles. The summed E-state index contributed by atoms with van der Waals surface area (Å²) in [6.07, 6.45) is 5.71. The van der Waals surface area contributed by atoms with Gasteiger partial charge in [-0.1, -0.05) is 71.8 Å². The van der Waals surface area contributed by atoms with Crippen LogP contribution in [-0.4, -0.2) is 105 Å². The van der Waals surface area contributed by atoms with Gasteiger partial charge >= 0.3 is 5.97 Å². The second-order valence-corrected chi connectivity index (χ2v) is 14.6. The molecule has 48 heavy (non-hydrogen) atoms. The zero-order chi connectivity index (χ0) is 35.2. The van der Waals surface area contributed by atoms with Crippen LogP contribution in [0.1, 0.15) is 77.4 Å². The second-order valence-electron chi connectivity index (χ2n) is 13.4. The molecule has 3 amide bonds. The van der Waals surface area contributed by atoms with Crippen LogP contribution in [0.2, 0.25) is 0 Å². The molecule has 264 valence electrons. The summed E-state index contributed by atoms with van der Waals surface area (Å²) in [4.78, 5) is 61.2. The molecule has 3 aliphatic rings. The van der Waals surface area contributed by atoms with E-state index in [1.54, 1.807) is 33.9 Å². The number of esters is 1. The third kappa shape index (κ3) is 7.28. The molecule has 1 N–H and O–H groups in total. The first-order chi connectivity index (χ1) is 23.0. The molecule has 11 heteroatoms. The summed E-state index contributed by atoms with van der Waals surface area (Å²) in [5.41, 5.74) is -0.510. The van der Waals surface area contributed by atoms with Crippen molar-refractivity contribution in [3.8, 4) is 0 Å². The molecular weight excluding hydrogens is 678 g/mol. The third-order valence-electron chi connectivity index (χ3n) is 10.3. The van der Waals surface area contributed by atoms with Gasteiger partial charge in [-0.15, -0.1) is 13.2 Å². The fraction of sp³-hybridized carbons (Fsp3) is 0.622. The van der Waals surface area contributed by atoms with Gasteiger partial charge in [-0.3, -0.25) is 19.2 Å². The monoisotopic (exact) mass is 729 g/mol. The fourth-order valence-electron chi connectivity index (χ4n) is 7.79. The van der Waals surface area contributed by atoms with Crippen LogP contribution in [0, 0.1) is 11.8 Å². The van der Waals surface area contributed by atoms with Crippen LogP contribution in [0.4, 0.5) is 0 Å². The topological polar surface area (TPSA) is 117 Å². The number of nitrogens with zero attached hydrogens (tertiary/aromatic N) is 3. The number of alkyl halides is 1. The summed E-state index contributed by atoms with van der Waals surface area (Å²) in [5, 5.41) is 9.51. The molecule has 3 saturated heterocycles. The maximum atomic E-state index is 14.6. The van der Waals surface area contributed by atoms with Crippen LogP contribution in [0.3, 0.4) is 0 Å². The summed E-state index contributed by atoms with van der Waals surface area (Å²) in [5.74, 6) is -3.11. The van der Waals surface area contributed by atoms with E-state index in [2.05, 4.69) is 36.0 Å². The lowest BCUT2D eigenvalue weighted by Crippen LogP contribution is -2.58. The molecule has 1 aromatic carbocycles. The van der Waals surface area contributed by atoms with Crippen molar-refractivity contribution in [3.05, 3.63) is 61.2 Å². The average molecular weight is 731 g/mol. The highest BCUT2D eigenvalue weighted by Crippen LogP contribution is 2.60. The van der Waals surface area contributed by atoms with Crippen molar-refractivity contribution >= 4 is 39.6 Å². The van der Waals surface area contributed by atoms with Gasteiger partial charge in [0.25, 0.3) is 0 Å². The minimum absolute atomic E-state index is 0.0358. The molecule has 0 saturated carbocycles. The smallest absolute Gasteiger partial charge is 0.313 e. The summed E-state index contributed by atoms with van der Waals surface area (Å²) in [6.45, 7) is 14.0. The zero-order valence-corrected chi connectivity index (χ0v) is 30.3. The van der Waals surface area contributed by atoms with Gasteiger partial charge in [0.05, 0.1) is 24.0 Å². The lowest BCUT2D eigenvalue weighted by atomic mass is 9.70. The van der Waals surface area contributed by atoms with Gasteiger partial charge in [0.1, 0.15) is 17.7 Å². The maximum Gasteiger partial charge on any atom is 0.313 e. The van der Waals surface area contributed by atoms with Gasteiger partial charge in [-0.2, -0.15) is 0 Å². The molecular formula is C37H52BrN3O7.